The van der Waals surface area contributed by atoms with E-state index in [1.807, 2.05) is 36.4 Å². The molecule has 1 aromatic heterocycles. The summed E-state index contributed by atoms with van der Waals surface area (Å²) in [4.78, 5) is 14.2. The molecule has 0 radical (unpaired) electrons. The number of rotatable bonds is 3. The van der Waals surface area contributed by atoms with Gasteiger partial charge in [0.2, 0.25) is 0 Å². The topological polar surface area (TPSA) is 46.0 Å². The first kappa shape index (κ1) is 16.9. The summed E-state index contributed by atoms with van der Waals surface area (Å²) in [7, 11) is 0. The molecule has 3 heteroatoms. The molecule has 1 aliphatic rings. The molecule has 132 valence electrons. The monoisotopic (exact) mass is 353 g/mol. The molecule has 0 atom stereocenters. The largest absolute Gasteiger partial charge is 0.417 e. The molecule has 1 aliphatic carbocycles. The number of hydrogen-bond acceptors (Lipinski definition) is 2. The fraction of sp³-hybridized carbons (Fsp3) is 0.0417. The molecule has 0 saturated heterocycles. The standard InChI is InChI=1S/C24H19NO2/c1-4-17-8-9-18(13-16(17)3)21-12-15(2)6-5-7-20(21)19-10-11-22-23(14-19)27-24(26)25-22/h4-14H,1-2H2,3H3,(H,25,26). The van der Waals surface area contributed by atoms with E-state index in [4.69, 9.17) is 4.42 Å². The van der Waals surface area contributed by atoms with Gasteiger partial charge in [-0.1, -0.05) is 61.7 Å². The molecule has 0 spiro atoms. The summed E-state index contributed by atoms with van der Waals surface area (Å²) < 4.78 is 5.24. The first-order valence-electron chi connectivity index (χ1n) is 8.71. The van der Waals surface area contributed by atoms with Crippen LogP contribution < -0.4 is 5.76 Å². The number of aryl methyl sites for hydroxylation is 1. The lowest BCUT2D eigenvalue weighted by molar-refractivity contribution is 0.555. The average Bonchev–Trinajstić information content (AvgIpc) is 2.91. The van der Waals surface area contributed by atoms with Gasteiger partial charge in [-0.05, 0) is 64.1 Å². The molecule has 1 heterocycles. The number of hydrogen-bond donors (Lipinski definition) is 1. The highest BCUT2D eigenvalue weighted by atomic mass is 16.4. The third kappa shape index (κ3) is 3.15. The second-order valence-corrected chi connectivity index (χ2v) is 6.57. The van der Waals surface area contributed by atoms with Gasteiger partial charge < -0.3 is 4.42 Å². The van der Waals surface area contributed by atoms with Crippen molar-refractivity contribution >= 4 is 28.3 Å². The first-order valence-corrected chi connectivity index (χ1v) is 8.71. The van der Waals surface area contributed by atoms with Gasteiger partial charge in [-0.2, -0.15) is 0 Å². The molecule has 0 amide bonds. The summed E-state index contributed by atoms with van der Waals surface area (Å²) in [6.07, 6.45) is 9.97. The summed E-state index contributed by atoms with van der Waals surface area (Å²) in [6, 6.07) is 12.1. The van der Waals surface area contributed by atoms with Gasteiger partial charge in [0.25, 0.3) is 0 Å². The van der Waals surface area contributed by atoms with Crippen LogP contribution in [0.3, 0.4) is 0 Å². The third-order valence-corrected chi connectivity index (χ3v) is 4.73. The van der Waals surface area contributed by atoms with Crippen LogP contribution in [0.4, 0.5) is 0 Å². The van der Waals surface area contributed by atoms with Gasteiger partial charge in [0, 0.05) is 0 Å². The number of oxazole rings is 1. The van der Waals surface area contributed by atoms with E-state index in [1.165, 1.54) is 0 Å². The van der Waals surface area contributed by atoms with E-state index < -0.39 is 5.76 Å². The number of nitrogens with one attached hydrogen (secondary N) is 1. The predicted octanol–water partition coefficient (Wildman–Crippen LogP) is 5.67. The Bertz CT molecular complexity index is 1230. The van der Waals surface area contributed by atoms with Crippen molar-refractivity contribution in [2.45, 2.75) is 6.92 Å². The number of allylic oxidation sites excluding steroid dienone is 7. The van der Waals surface area contributed by atoms with Crippen molar-refractivity contribution in [2.24, 2.45) is 0 Å². The van der Waals surface area contributed by atoms with Gasteiger partial charge in [-0.3, -0.25) is 4.98 Å². The van der Waals surface area contributed by atoms with Crippen molar-refractivity contribution in [3.05, 3.63) is 112 Å². The molecule has 1 N–H and O–H groups in total. The molecule has 0 bridgehead atoms. The Balaban J connectivity index is 1.88. The highest BCUT2D eigenvalue weighted by Gasteiger charge is 2.14. The third-order valence-electron chi connectivity index (χ3n) is 4.73. The average molecular weight is 353 g/mol. The van der Waals surface area contributed by atoms with Crippen molar-refractivity contribution in [3.8, 4) is 0 Å². The minimum absolute atomic E-state index is 0.448. The van der Waals surface area contributed by atoms with E-state index in [2.05, 4.69) is 55.4 Å². The van der Waals surface area contributed by atoms with Crippen LogP contribution in [-0.4, -0.2) is 4.98 Å². The molecular formula is C24H19NO2. The zero-order chi connectivity index (χ0) is 19.0. The van der Waals surface area contributed by atoms with Crippen molar-refractivity contribution in [2.75, 3.05) is 0 Å². The SMILES string of the molecule is C=Cc1ccc(C2=CC(=C)C=CC=C2c2ccc3[nH]c(=O)oc3c2)cc1C. The zero-order valence-corrected chi connectivity index (χ0v) is 15.1. The van der Waals surface area contributed by atoms with Gasteiger partial charge in [0.05, 0.1) is 5.52 Å². The Morgan fingerprint density at radius 2 is 1.85 bits per heavy atom. The van der Waals surface area contributed by atoms with Crippen LogP contribution in [0.1, 0.15) is 22.3 Å². The maximum absolute atomic E-state index is 11.5. The second-order valence-electron chi connectivity index (χ2n) is 6.57. The lowest BCUT2D eigenvalue weighted by Crippen LogP contribution is -1.93. The maximum Gasteiger partial charge on any atom is 0.417 e. The second kappa shape index (κ2) is 6.61. The highest BCUT2D eigenvalue weighted by Crippen LogP contribution is 2.35. The number of H-pyrrole nitrogens is 1. The van der Waals surface area contributed by atoms with Crippen molar-refractivity contribution in [3.63, 3.8) is 0 Å². The van der Waals surface area contributed by atoms with E-state index in [0.717, 1.165) is 39.0 Å². The van der Waals surface area contributed by atoms with Gasteiger partial charge >= 0.3 is 5.76 Å². The van der Waals surface area contributed by atoms with Crippen LogP contribution >= 0.6 is 0 Å². The Morgan fingerprint density at radius 3 is 2.63 bits per heavy atom. The molecule has 2 aromatic carbocycles. The quantitative estimate of drug-likeness (QED) is 0.660. The van der Waals surface area contributed by atoms with Crippen LogP contribution in [0.25, 0.3) is 28.3 Å². The summed E-state index contributed by atoms with van der Waals surface area (Å²) in [5, 5.41) is 0. The number of aromatic amines is 1. The van der Waals surface area contributed by atoms with E-state index in [1.54, 1.807) is 0 Å². The Morgan fingerprint density at radius 1 is 1.07 bits per heavy atom. The molecule has 27 heavy (non-hydrogen) atoms. The van der Waals surface area contributed by atoms with E-state index in [-0.39, 0.29) is 0 Å². The molecule has 0 unspecified atom stereocenters. The van der Waals surface area contributed by atoms with Crippen LogP contribution in [0, 0.1) is 6.92 Å². The van der Waals surface area contributed by atoms with Gasteiger partial charge in [0.15, 0.2) is 5.58 Å². The van der Waals surface area contributed by atoms with Crippen LogP contribution in [0.2, 0.25) is 0 Å². The van der Waals surface area contributed by atoms with Crippen LogP contribution in [0.5, 0.6) is 0 Å². The molecule has 0 saturated carbocycles. The fourth-order valence-corrected chi connectivity index (χ4v) is 3.34. The van der Waals surface area contributed by atoms with Crippen LogP contribution in [0.15, 0.2) is 88.6 Å². The van der Waals surface area contributed by atoms with Crippen molar-refractivity contribution < 1.29 is 4.42 Å². The Kier molecular flexibility index (Phi) is 4.13. The van der Waals surface area contributed by atoms with E-state index in [9.17, 15) is 4.79 Å². The summed E-state index contributed by atoms with van der Waals surface area (Å²) >= 11 is 0. The number of benzene rings is 2. The maximum atomic E-state index is 11.5. The minimum Gasteiger partial charge on any atom is -0.408 e. The molecule has 3 aromatic rings. The smallest absolute Gasteiger partial charge is 0.408 e. The van der Waals surface area contributed by atoms with E-state index >= 15 is 0 Å². The molecule has 0 fully saturated rings. The normalized spacial score (nSPS) is 14.0. The molecule has 0 aliphatic heterocycles. The lowest BCUT2D eigenvalue weighted by atomic mass is 9.90. The molecule has 3 nitrogen and oxygen atoms in total. The van der Waals surface area contributed by atoms with Gasteiger partial charge in [-0.15, -0.1) is 0 Å². The predicted molar refractivity (Wildman–Crippen MR) is 112 cm³/mol. The molecule has 4 rings (SSSR count). The van der Waals surface area contributed by atoms with Crippen molar-refractivity contribution in [1.29, 1.82) is 0 Å². The molecular weight excluding hydrogens is 334 g/mol. The Labute approximate surface area is 157 Å². The summed E-state index contributed by atoms with van der Waals surface area (Å²) in [5.41, 5.74) is 8.63. The van der Waals surface area contributed by atoms with Gasteiger partial charge in [-0.25, -0.2) is 4.79 Å². The zero-order valence-electron chi connectivity index (χ0n) is 15.1. The number of fused-ring (bicyclic) bond motifs is 1. The van der Waals surface area contributed by atoms with Crippen LogP contribution in [-0.2, 0) is 0 Å². The number of aromatic nitrogens is 1. The first-order chi connectivity index (χ1) is 13.0. The fourth-order valence-electron chi connectivity index (χ4n) is 3.34. The summed E-state index contributed by atoms with van der Waals surface area (Å²) in [6.45, 7) is 10.1. The van der Waals surface area contributed by atoms with Crippen molar-refractivity contribution in [1.82, 2.24) is 4.98 Å². The minimum atomic E-state index is -0.448. The van der Waals surface area contributed by atoms with E-state index in [0.29, 0.717) is 11.1 Å². The summed E-state index contributed by atoms with van der Waals surface area (Å²) in [5.74, 6) is -0.448. The highest BCUT2D eigenvalue weighted by molar-refractivity contribution is 6.07. The van der Waals surface area contributed by atoms with Gasteiger partial charge in [0.1, 0.15) is 0 Å². The lowest BCUT2D eigenvalue weighted by Gasteiger charge is -2.14. The Hall–Kier alpha value is -3.59.